The SMILES string of the molecule is Nc1ccc(CCC(=O)N2Cc3ccccc3C2)cc1. The fourth-order valence-corrected chi connectivity index (χ4v) is 2.60. The van der Waals surface area contributed by atoms with Gasteiger partial charge in [0.25, 0.3) is 0 Å². The molecule has 2 aromatic rings. The second kappa shape index (κ2) is 5.37. The summed E-state index contributed by atoms with van der Waals surface area (Å²) < 4.78 is 0. The van der Waals surface area contributed by atoms with Gasteiger partial charge in [0.2, 0.25) is 5.91 Å². The number of hydrogen-bond acceptors (Lipinski definition) is 2. The van der Waals surface area contributed by atoms with E-state index >= 15 is 0 Å². The lowest BCUT2D eigenvalue weighted by atomic mass is 10.1. The number of carbonyl (C=O) groups is 1. The molecule has 0 radical (unpaired) electrons. The molecule has 1 heterocycles. The molecule has 0 saturated carbocycles. The van der Waals surface area contributed by atoms with E-state index < -0.39 is 0 Å². The number of hydrogen-bond donors (Lipinski definition) is 1. The van der Waals surface area contributed by atoms with Crippen molar-refractivity contribution in [2.45, 2.75) is 25.9 Å². The quantitative estimate of drug-likeness (QED) is 0.868. The van der Waals surface area contributed by atoms with Crippen LogP contribution in [-0.4, -0.2) is 10.8 Å². The molecule has 3 nitrogen and oxygen atoms in total. The summed E-state index contributed by atoms with van der Waals surface area (Å²) >= 11 is 0. The van der Waals surface area contributed by atoms with E-state index in [9.17, 15) is 4.79 Å². The molecule has 0 atom stereocenters. The molecule has 0 aromatic heterocycles. The van der Waals surface area contributed by atoms with Gasteiger partial charge in [0, 0.05) is 25.2 Å². The fourth-order valence-electron chi connectivity index (χ4n) is 2.60. The molecule has 1 aliphatic rings. The third kappa shape index (κ3) is 2.67. The summed E-state index contributed by atoms with van der Waals surface area (Å²) in [5.41, 5.74) is 10.1. The van der Waals surface area contributed by atoms with Crippen LogP contribution in [0.2, 0.25) is 0 Å². The van der Waals surface area contributed by atoms with E-state index in [0.29, 0.717) is 6.42 Å². The Hall–Kier alpha value is -2.29. The van der Waals surface area contributed by atoms with Crippen LogP contribution >= 0.6 is 0 Å². The maximum atomic E-state index is 12.3. The third-order valence-electron chi connectivity index (χ3n) is 3.80. The van der Waals surface area contributed by atoms with Gasteiger partial charge in [0.15, 0.2) is 0 Å². The maximum absolute atomic E-state index is 12.3. The monoisotopic (exact) mass is 266 g/mol. The number of aryl methyl sites for hydroxylation is 1. The maximum Gasteiger partial charge on any atom is 0.223 e. The average molecular weight is 266 g/mol. The molecule has 0 aliphatic carbocycles. The standard InChI is InChI=1S/C17H18N2O/c18-16-8-5-13(6-9-16)7-10-17(20)19-11-14-3-1-2-4-15(14)12-19/h1-6,8-9H,7,10-12,18H2. The Kier molecular flexibility index (Phi) is 3.42. The van der Waals surface area contributed by atoms with Crippen molar-refractivity contribution in [1.29, 1.82) is 0 Å². The Morgan fingerprint density at radius 2 is 1.60 bits per heavy atom. The number of benzene rings is 2. The minimum Gasteiger partial charge on any atom is -0.399 e. The Balaban J connectivity index is 1.57. The number of nitrogen functional groups attached to an aromatic ring is 1. The van der Waals surface area contributed by atoms with Crippen molar-refractivity contribution in [2.24, 2.45) is 0 Å². The van der Waals surface area contributed by atoms with E-state index in [0.717, 1.165) is 30.8 Å². The van der Waals surface area contributed by atoms with Gasteiger partial charge in [-0.3, -0.25) is 4.79 Å². The summed E-state index contributed by atoms with van der Waals surface area (Å²) in [4.78, 5) is 14.2. The molecule has 1 amide bonds. The van der Waals surface area contributed by atoms with Gasteiger partial charge in [-0.25, -0.2) is 0 Å². The molecule has 0 spiro atoms. The summed E-state index contributed by atoms with van der Waals surface area (Å²) in [6, 6.07) is 16.0. The molecule has 0 saturated heterocycles. The second-order valence-corrected chi connectivity index (χ2v) is 5.26. The summed E-state index contributed by atoms with van der Waals surface area (Å²) in [7, 11) is 0. The first-order valence-electron chi connectivity index (χ1n) is 6.91. The van der Waals surface area contributed by atoms with Crippen molar-refractivity contribution in [1.82, 2.24) is 4.90 Å². The highest BCUT2D eigenvalue weighted by Gasteiger charge is 2.22. The van der Waals surface area contributed by atoms with Crippen LogP contribution in [0.4, 0.5) is 5.69 Å². The summed E-state index contributed by atoms with van der Waals surface area (Å²) in [5, 5.41) is 0. The molecule has 3 rings (SSSR count). The van der Waals surface area contributed by atoms with Crippen LogP contribution in [0, 0.1) is 0 Å². The lowest BCUT2D eigenvalue weighted by Gasteiger charge is -2.15. The van der Waals surface area contributed by atoms with E-state index in [-0.39, 0.29) is 5.91 Å². The van der Waals surface area contributed by atoms with Gasteiger partial charge >= 0.3 is 0 Å². The van der Waals surface area contributed by atoms with Gasteiger partial charge in [-0.1, -0.05) is 36.4 Å². The van der Waals surface area contributed by atoms with Gasteiger partial charge in [-0.05, 0) is 35.2 Å². The molecule has 0 unspecified atom stereocenters. The number of nitrogens with zero attached hydrogens (tertiary/aromatic N) is 1. The van der Waals surface area contributed by atoms with Crippen molar-refractivity contribution >= 4 is 11.6 Å². The van der Waals surface area contributed by atoms with Gasteiger partial charge < -0.3 is 10.6 Å². The number of anilines is 1. The lowest BCUT2D eigenvalue weighted by Crippen LogP contribution is -2.25. The van der Waals surface area contributed by atoms with Crippen LogP contribution in [-0.2, 0) is 24.3 Å². The molecule has 20 heavy (non-hydrogen) atoms. The molecule has 0 fully saturated rings. The number of rotatable bonds is 3. The van der Waals surface area contributed by atoms with E-state index in [4.69, 9.17) is 5.73 Å². The Bertz CT molecular complexity index is 594. The Morgan fingerprint density at radius 1 is 1.00 bits per heavy atom. The normalized spacial score (nSPS) is 13.3. The summed E-state index contributed by atoms with van der Waals surface area (Å²) in [5.74, 6) is 0.220. The first kappa shape index (κ1) is 12.7. The van der Waals surface area contributed by atoms with E-state index in [1.54, 1.807) is 0 Å². The molecule has 2 N–H and O–H groups in total. The molecule has 102 valence electrons. The molecular formula is C17H18N2O. The van der Waals surface area contributed by atoms with E-state index in [1.165, 1.54) is 11.1 Å². The first-order chi connectivity index (χ1) is 9.72. The van der Waals surface area contributed by atoms with Crippen LogP contribution in [0.25, 0.3) is 0 Å². The highest BCUT2D eigenvalue weighted by atomic mass is 16.2. The highest BCUT2D eigenvalue weighted by Crippen LogP contribution is 2.23. The zero-order valence-electron chi connectivity index (χ0n) is 11.4. The molecular weight excluding hydrogens is 248 g/mol. The van der Waals surface area contributed by atoms with Crippen LogP contribution in [0.3, 0.4) is 0 Å². The zero-order chi connectivity index (χ0) is 13.9. The van der Waals surface area contributed by atoms with Crippen molar-refractivity contribution < 1.29 is 4.79 Å². The minimum atomic E-state index is 0.220. The van der Waals surface area contributed by atoms with Crippen LogP contribution in [0.15, 0.2) is 48.5 Å². The predicted octanol–water partition coefficient (Wildman–Crippen LogP) is 2.74. The van der Waals surface area contributed by atoms with Gasteiger partial charge in [0.1, 0.15) is 0 Å². The lowest BCUT2D eigenvalue weighted by molar-refractivity contribution is -0.131. The van der Waals surface area contributed by atoms with Gasteiger partial charge in [-0.2, -0.15) is 0 Å². The van der Waals surface area contributed by atoms with Crippen LogP contribution in [0.5, 0.6) is 0 Å². The Morgan fingerprint density at radius 3 is 2.20 bits per heavy atom. The number of amides is 1. The van der Waals surface area contributed by atoms with Crippen molar-refractivity contribution in [3.63, 3.8) is 0 Å². The predicted molar refractivity (Wildman–Crippen MR) is 79.9 cm³/mol. The molecule has 1 aliphatic heterocycles. The molecule has 0 bridgehead atoms. The first-order valence-corrected chi connectivity index (χ1v) is 6.91. The van der Waals surface area contributed by atoms with E-state index in [1.807, 2.05) is 41.3 Å². The highest BCUT2D eigenvalue weighted by molar-refractivity contribution is 5.77. The number of fused-ring (bicyclic) bond motifs is 1. The van der Waals surface area contributed by atoms with Crippen molar-refractivity contribution in [3.05, 3.63) is 65.2 Å². The zero-order valence-corrected chi connectivity index (χ0v) is 11.4. The molecule has 3 heteroatoms. The van der Waals surface area contributed by atoms with Crippen molar-refractivity contribution in [3.8, 4) is 0 Å². The van der Waals surface area contributed by atoms with Gasteiger partial charge in [0.05, 0.1) is 0 Å². The molecule has 2 aromatic carbocycles. The smallest absolute Gasteiger partial charge is 0.223 e. The fraction of sp³-hybridized carbons (Fsp3) is 0.235. The van der Waals surface area contributed by atoms with Gasteiger partial charge in [-0.15, -0.1) is 0 Å². The number of nitrogens with two attached hydrogens (primary N) is 1. The Labute approximate surface area is 119 Å². The summed E-state index contributed by atoms with van der Waals surface area (Å²) in [6.45, 7) is 1.49. The van der Waals surface area contributed by atoms with Crippen LogP contribution in [0.1, 0.15) is 23.1 Å². The van der Waals surface area contributed by atoms with Crippen LogP contribution < -0.4 is 5.73 Å². The minimum absolute atomic E-state index is 0.220. The van der Waals surface area contributed by atoms with Crippen molar-refractivity contribution in [2.75, 3.05) is 5.73 Å². The summed E-state index contributed by atoms with van der Waals surface area (Å²) in [6.07, 6.45) is 1.32. The third-order valence-corrected chi connectivity index (χ3v) is 3.80. The number of carbonyl (C=O) groups excluding carboxylic acids is 1. The topological polar surface area (TPSA) is 46.3 Å². The average Bonchev–Trinajstić information content (AvgIpc) is 2.90. The largest absolute Gasteiger partial charge is 0.399 e. The second-order valence-electron chi connectivity index (χ2n) is 5.26. The van der Waals surface area contributed by atoms with E-state index in [2.05, 4.69) is 12.1 Å².